The van der Waals surface area contributed by atoms with E-state index in [0.29, 0.717) is 23.3 Å². The van der Waals surface area contributed by atoms with Crippen LogP contribution < -0.4 is 15.4 Å². The number of para-hydroxylation sites is 1. The van der Waals surface area contributed by atoms with Gasteiger partial charge in [-0.3, -0.25) is 4.68 Å². The number of benzene rings is 1. The maximum atomic E-state index is 6.26. The van der Waals surface area contributed by atoms with Crippen LogP contribution in [0, 0.1) is 6.92 Å². The van der Waals surface area contributed by atoms with Gasteiger partial charge in [0.1, 0.15) is 11.3 Å². The van der Waals surface area contributed by atoms with Crippen molar-refractivity contribution in [2.45, 2.75) is 44.6 Å². The van der Waals surface area contributed by atoms with Crippen LogP contribution in [0.4, 0.5) is 11.6 Å². The van der Waals surface area contributed by atoms with E-state index in [4.69, 9.17) is 30.4 Å². The lowest BCUT2D eigenvalue weighted by atomic mass is 9.97. The van der Waals surface area contributed by atoms with Crippen LogP contribution in [0.25, 0.3) is 16.6 Å². The first-order valence-electron chi connectivity index (χ1n) is 12.0. The Labute approximate surface area is 197 Å². The smallest absolute Gasteiger partial charge is 0.223 e. The Kier molecular flexibility index (Phi) is 5.24. The maximum Gasteiger partial charge on any atom is 0.223 e. The van der Waals surface area contributed by atoms with Crippen molar-refractivity contribution in [1.82, 2.24) is 29.4 Å². The summed E-state index contributed by atoms with van der Waals surface area (Å²) in [4.78, 5) is 11.9. The van der Waals surface area contributed by atoms with Crippen LogP contribution in [-0.4, -0.2) is 62.8 Å². The van der Waals surface area contributed by atoms with Gasteiger partial charge in [-0.2, -0.15) is 9.61 Å². The number of piperidine rings is 1. The number of ether oxygens (including phenoxy) is 2. The summed E-state index contributed by atoms with van der Waals surface area (Å²) in [6.45, 7) is 5.58. The minimum absolute atomic E-state index is 0.208. The van der Waals surface area contributed by atoms with Gasteiger partial charge in [0.25, 0.3) is 0 Å². The summed E-state index contributed by atoms with van der Waals surface area (Å²) in [5.41, 5.74) is 9.96. The Morgan fingerprint density at radius 3 is 2.79 bits per heavy atom. The van der Waals surface area contributed by atoms with Gasteiger partial charge in [-0.25, -0.2) is 9.97 Å². The Bertz CT molecular complexity index is 1340. The third-order valence-corrected chi connectivity index (χ3v) is 7.11. The molecule has 2 fully saturated rings. The number of rotatable bonds is 4. The van der Waals surface area contributed by atoms with Crippen molar-refractivity contribution in [1.29, 1.82) is 0 Å². The van der Waals surface area contributed by atoms with E-state index in [1.165, 1.54) is 5.69 Å². The lowest BCUT2D eigenvalue weighted by Crippen LogP contribution is -2.35. The molecular weight excluding hydrogens is 432 g/mol. The van der Waals surface area contributed by atoms with Crippen LogP contribution in [0.3, 0.4) is 0 Å². The highest BCUT2D eigenvalue weighted by molar-refractivity contribution is 5.95. The van der Waals surface area contributed by atoms with Crippen LogP contribution >= 0.6 is 0 Å². The average molecular weight is 463 g/mol. The third kappa shape index (κ3) is 3.53. The highest BCUT2D eigenvalue weighted by atomic mass is 16.5. The molecule has 0 amide bonds. The van der Waals surface area contributed by atoms with Gasteiger partial charge in [0, 0.05) is 43.8 Å². The first-order valence-corrected chi connectivity index (χ1v) is 12.0. The number of nitrogens with zero attached hydrogens (tertiary/aromatic N) is 7. The number of methoxy groups -OCH3 is 1. The summed E-state index contributed by atoms with van der Waals surface area (Å²) in [6.07, 6.45) is 6.36. The number of aromatic nitrogens is 6. The summed E-state index contributed by atoms with van der Waals surface area (Å²) in [5, 5.41) is 10.5. The normalized spacial score (nSPS) is 19.8. The zero-order valence-corrected chi connectivity index (χ0v) is 19.6. The molecular formula is C24H30N8O2. The number of anilines is 2. The topological polar surface area (TPSA) is 109 Å². The van der Waals surface area contributed by atoms with E-state index in [1.807, 2.05) is 18.2 Å². The first-order chi connectivity index (χ1) is 16.6. The molecule has 4 aromatic rings. The molecule has 34 heavy (non-hydrogen) atoms. The van der Waals surface area contributed by atoms with Gasteiger partial charge >= 0.3 is 0 Å². The van der Waals surface area contributed by atoms with Gasteiger partial charge in [0.15, 0.2) is 11.5 Å². The molecule has 2 saturated heterocycles. The number of hydrogen-bond donors (Lipinski definition) is 1. The molecule has 2 aliphatic rings. The van der Waals surface area contributed by atoms with Crippen LogP contribution in [0.1, 0.15) is 49.2 Å². The second-order valence-electron chi connectivity index (χ2n) is 9.24. The first kappa shape index (κ1) is 21.2. The molecule has 2 N–H and O–H groups in total. The van der Waals surface area contributed by atoms with Crippen molar-refractivity contribution in [3.05, 3.63) is 35.9 Å². The van der Waals surface area contributed by atoms with E-state index >= 15 is 0 Å². The Morgan fingerprint density at radius 1 is 1.12 bits per heavy atom. The van der Waals surface area contributed by atoms with Crippen molar-refractivity contribution < 1.29 is 9.47 Å². The van der Waals surface area contributed by atoms with Crippen molar-refractivity contribution >= 4 is 28.2 Å². The summed E-state index contributed by atoms with van der Waals surface area (Å²) < 4.78 is 14.8. The van der Waals surface area contributed by atoms with Crippen LogP contribution in [0.15, 0.2) is 24.4 Å². The lowest BCUT2D eigenvalue weighted by Gasteiger charge is -2.32. The van der Waals surface area contributed by atoms with Crippen LogP contribution in [0.5, 0.6) is 5.75 Å². The zero-order valence-electron chi connectivity index (χ0n) is 19.6. The monoisotopic (exact) mass is 462 g/mol. The summed E-state index contributed by atoms with van der Waals surface area (Å²) in [6, 6.07) is 6.22. The highest BCUT2D eigenvalue weighted by Gasteiger charge is 2.28. The van der Waals surface area contributed by atoms with Crippen LogP contribution in [0.2, 0.25) is 0 Å². The molecule has 10 nitrogen and oxygen atoms in total. The summed E-state index contributed by atoms with van der Waals surface area (Å²) in [5.74, 6) is 2.01. The molecule has 0 aliphatic carbocycles. The molecule has 6 rings (SSSR count). The van der Waals surface area contributed by atoms with Gasteiger partial charge in [0.05, 0.1) is 24.5 Å². The van der Waals surface area contributed by atoms with Gasteiger partial charge in [0.2, 0.25) is 5.95 Å². The zero-order chi connectivity index (χ0) is 23.2. The fraction of sp³-hybridized carbons (Fsp3) is 0.500. The summed E-state index contributed by atoms with van der Waals surface area (Å²) in [7, 11) is 1.63. The number of nitrogens with two attached hydrogens (primary N) is 1. The standard InChI is InChI=1S/C24H30N8O2/c1-15-19(14-31(28-15)17-8-11-34-12-9-17)30-10-4-5-16(13-30)22-27-23-18-6-3-7-20(33-2)21(18)26-24(25)32(23)29-22/h3,6-7,14,16-17H,4-5,8-13H2,1-2H3,(H2,25,26)/t16-/m1/s1. The predicted molar refractivity (Wildman–Crippen MR) is 129 cm³/mol. The molecule has 1 aromatic carbocycles. The molecule has 0 radical (unpaired) electrons. The fourth-order valence-corrected chi connectivity index (χ4v) is 5.31. The number of aryl methyl sites for hydroxylation is 1. The second kappa shape index (κ2) is 8.43. The van der Waals surface area contributed by atoms with E-state index in [9.17, 15) is 0 Å². The summed E-state index contributed by atoms with van der Waals surface area (Å²) >= 11 is 0. The Morgan fingerprint density at radius 2 is 1.97 bits per heavy atom. The average Bonchev–Trinajstić information content (AvgIpc) is 3.50. The molecule has 2 aliphatic heterocycles. The largest absolute Gasteiger partial charge is 0.494 e. The van der Waals surface area contributed by atoms with E-state index in [2.05, 4.69) is 27.7 Å². The van der Waals surface area contributed by atoms with E-state index in [1.54, 1.807) is 11.6 Å². The number of fused-ring (bicyclic) bond motifs is 3. The van der Waals surface area contributed by atoms with Crippen molar-refractivity contribution in [3.8, 4) is 5.75 Å². The van der Waals surface area contributed by atoms with Gasteiger partial charge in [-0.15, -0.1) is 5.10 Å². The minimum atomic E-state index is 0.208. The van der Waals surface area contributed by atoms with Crippen molar-refractivity contribution in [2.24, 2.45) is 0 Å². The minimum Gasteiger partial charge on any atom is -0.494 e. The molecule has 5 heterocycles. The van der Waals surface area contributed by atoms with E-state index in [-0.39, 0.29) is 5.92 Å². The number of hydrogen-bond acceptors (Lipinski definition) is 8. The maximum absolute atomic E-state index is 6.26. The lowest BCUT2D eigenvalue weighted by molar-refractivity contribution is 0.0662. The molecule has 3 aromatic heterocycles. The van der Waals surface area contributed by atoms with Gasteiger partial charge in [-0.05, 0) is 44.7 Å². The SMILES string of the molecule is COc1cccc2c1nc(N)n1nc([C@@H]3CCCN(c4cn(C5CCOCC5)nc4C)C3)nc21. The fourth-order valence-electron chi connectivity index (χ4n) is 5.31. The highest BCUT2D eigenvalue weighted by Crippen LogP contribution is 2.33. The third-order valence-electron chi connectivity index (χ3n) is 7.11. The van der Waals surface area contributed by atoms with Crippen molar-refractivity contribution in [3.63, 3.8) is 0 Å². The van der Waals surface area contributed by atoms with Crippen molar-refractivity contribution in [2.75, 3.05) is 44.0 Å². The quantitative estimate of drug-likeness (QED) is 0.493. The molecule has 10 heteroatoms. The van der Waals surface area contributed by atoms with Gasteiger partial charge in [-0.1, -0.05) is 6.07 Å². The van der Waals surface area contributed by atoms with E-state index in [0.717, 1.165) is 74.5 Å². The van der Waals surface area contributed by atoms with E-state index < -0.39 is 0 Å². The van der Waals surface area contributed by atoms with Gasteiger partial charge < -0.3 is 20.1 Å². The molecule has 1 atom stereocenters. The predicted octanol–water partition coefficient (Wildman–Crippen LogP) is 3.11. The molecule has 178 valence electrons. The van der Waals surface area contributed by atoms with Crippen LogP contribution in [-0.2, 0) is 4.74 Å². The molecule has 0 spiro atoms. The molecule has 0 unspecified atom stereocenters. The molecule has 0 bridgehead atoms. The number of nitrogen functional groups attached to an aromatic ring is 1. The molecule has 0 saturated carbocycles. The Hall–Kier alpha value is -3.40. The second-order valence-corrected chi connectivity index (χ2v) is 9.24. The Balaban J connectivity index is 1.31.